The van der Waals surface area contributed by atoms with E-state index in [0.717, 1.165) is 24.0 Å². The fourth-order valence-corrected chi connectivity index (χ4v) is 4.37. The summed E-state index contributed by atoms with van der Waals surface area (Å²) in [6.45, 7) is 2.25. The first-order chi connectivity index (χ1) is 16.8. The van der Waals surface area contributed by atoms with Gasteiger partial charge in [0.1, 0.15) is 5.76 Å². The summed E-state index contributed by atoms with van der Waals surface area (Å²) >= 11 is 0. The van der Waals surface area contributed by atoms with E-state index in [0.29, 0.717) is 18.0 Å². The van der Waals surface area contributed by atoms with Crippen LogP contribution in [-0.4, -0.2) is 31.6 Å². The number of rotatable bonds is 7. The maximum Gasteiger partial charge on any atom is 0.490 e. The molecular weight excluding hydrogens is 501 g/mol. The Hall–Kier alpha value is -3.80. The molecule has 2 aromatic carbocycles. The number of benzene rings is 2. The van der Waals surface area contributed by atoms with Crippen LogP contribution in [0.3, 0.4) is 0 Å². The molecule has 1 heterocycles. The van der Waals surface area contributed by atoms with Crippen LogP contribution in [0.2, 0.25) is 0 Å². The van der Waals surface area contributed by atoms with Crippen LogP contribution in [0.1, 0.15) is 29.7 Å². The number of furan rings is 1. The number of aryl methyl sites for hydroxylation is 1. The molecule has 1 aliphatic rings. The average Bonchev–Trinajstić information content (AvgIpc) is 3.46. The molecule has 0 bridgehead atoms. The van der Waals surface area contributed by atoms with E-state index >= 15 is 0 Å². The van der Waals surface area contributed by atoms with Gasteiger partial charge in [0.2, 0.25) is 5.91 Å². The van der Waals surface area contributed by atoms with Crippen LogP contribution < -0.4 is 10.0 Å². The van der Waals surface area contributed by atoms with Crippen LogP contribution >= 0.6 is 0 Å². The summed E-state index contributed by atoms with van der Waals surface area (Å²) in [6, 6.07) is 17.3. The van der Waals surface area contributed by atoms with Crippen molar-refractivity contribution < 1.29 is 40.7 Å². The normalized spacial score (nSPS) is 14.2. The molecule has 0 spiro atoms. The maximum atomic E-state index is 12.7. The largest absolute Gasteiger partial charge is 0.490 e. The zero-order chi connectivity index (χ0) is 26.6. The van der Waals surface area contributed by atoms with Gasteiger partial charge in [-0.1, -0.05) is 29.8 Å². The lowest BCUT2D eigenvalue weighted by Gasteiger charge is -2.16. The third kappa shape index (κ3) is 6.66. The van der Waals surface area contributed by atoms with Crippen molar-refractivity contribution in [1.82, 2.24) is 5.32 Å². The summed E-state index contributed by atoms with van der Waals surface area (Å²) in [5.74, 6) is -2.09. The number of nitrogens with one attached hydrogen (secondary N) is 2. The van der Waals surface area contributed by atoms with E-state index in [4.69, 9.17) is 14.3 Å². The van der Waals surface area contributed by atoms with Crippen molar-refractivity contribution in [2.24, 2.45) is 0 Å². The molecule has 0 radical (unpaired) electrons. The van der Waals surface area contributed by atoms with E-state index in [9.17, 15) is 26.4 Å². The topological polar surface area (TPSA) is 126 Å². The second kappa shape index (κ2) is 10.4. The predicted octanol–water partition coefficient (Wildman–Crippen LogP) is 4.37. The molecule has 0 unspecified atom stereocenters. The minimum atomic E-state index is -5.08. The third-order valence-corrected chi connectivity index (χ3v) is 6.85. The summed E-state index contributed by atoms with van der Waals surface area (Å²) < 4.78 is 64.6. The molecule has 8 nitrogen and oxygen atoms in total. The van der Waals surface area contributed by atoms with Gasteiger partial charge in [0, 0.05) is 5.69 Å². The summed E-state index contributed by atoms with van der Waals surface area (Å²) in [6.07, 6.45) is -1.97. The number of halogens is 3. The first-order valence-electron chi connectivity index (χ1n) is 10.6. The number of carbonyl (C=O) groups excluding carboxylic acids is 1. The Balaban J connectivity index is 0.000000454. The Kier molecular flexibility index (Phi) is 7.77. The Morgan fingerprint density at radius 2 is 1.61 bits per heavy atom. The zero-order valence-corrected chi connectivity index (χ0v) is 19.8. The highest BCUT2D eigenvalue weighted by Gasteiger charge is 2.51. The number of alkyl halides is 3. The van der Waals surface area contributed by atoms with Gasteiger partial charge in [0.25, 0.3) is 10.0 Å². The van der Waals surface area contributed by atoms with Gasteiger partial charge >= 0.3 is 12.1 Å². The van der Waals surface area contributed by atoms with E-state index in [1.807, 2.05) is 25.1 Å². The molecule has 0 atom stereocenters. The van der Waals surface area contributed by atoms with E-state index < -0.39 is 27.6 Å². The van der Waals surface area contributed by atoms with Gasteiger partial charge < -0.3 is 14.8 Å². The van der Waals surface area contributed by atoms with Gasteiger partial charge in [-0.15, -0.1) is 0 Å². The number of carboxylic acid groups (broad SMARTS) is 1. The number of amides is 1. The fourth-order valence-electron chi connectivity index (χ4n) is 3.31. The van der Waals surface area contributed by atoms with Crippen molar-refractivity contribution in [3.8, 4) is 0 Å². The minimum absolute atomic E-state index is 0.0399. The number of anilines is 1. The fraction of sp³-hybridized carbons (Fsp3) is 0.250. The van der Waals surface area contributed by atoms with Gasteiger partial charge in [-0.2, -0.15) is 13.2 Å². The van der Waals surface area contributed by atoms with Crippen molar-refractivity contribution in [1.29, 1.82) is 0 Å². The van der Waals surface area contributed by atoms with Crippen molar-refractivity contribution in [3.05, 3.63) is 83.8 Å². The summed E-state index contributed by atoms with van der Waals surface area (Å²) in [5.41, 5.74) is 1.79. The van der Waals surface area contributed by atoms with Gasteiger partial charge in [-0.05, 0) is 61.7 Å². The van der Waals surface area contributed by atoms with Gasteiger partial charge in [0.05, 0.1) is 23.1 Å². The van der Waals surface area contributed by atoms with Crippen LogP contribution in [0, 0.1) is 6.92 Å². The van der Waals surface area contributed by atoms with E-state index in [2.05, 4.69) is 10.0 Å². The van der Waals surface area contributed by atoms with Crippen molar-refractivity contribution in [2.45, 2.75) is 42.8 Å². The molecule has 4 rings (SSSR count). The van der Waals surface area contributed by atoms with Crippen LogP contribution in [0.15, 0.2) is 76.2 Å². The number of hydrogen-bond acceptors (Lipinski definition) is 5. The highest BCUT2D eigenvalue weighted by Crippen LogP contribution is 2.48. The second-order valence-corrected chi connectivity index (χ2v) is 9.83. The van der Waals surface area contributed by atoms with Gasteiger partial charge in [0.15, 0.2) is 0 Å². The number of carbonyl (C=O) groups is 2. The highest BCUT2D eigenvalue weighted by molar-refractivity contribution is 7.92. The molecule has 1 aliphatic carbocycles. The lowest BCUT2D eigenvalue weighted by Crippen LogP contribution is -2.34. The van der Waals surface area contributed by atoms with Crippen molar-refractivity contribution in [2.75, 3.05) is 4.72 Å². The van der Waals surface area contributed by atoms with Crippen molar-refractivity contribution >= 4 is 27.6 Å². The quantitative estimate of drug-likeness (QED) is 0.422. The summed E-state index contributed by atoms with van der Waals surface area (Å²) in [4.78, 5) is 21.8. The number of carboxylic acids is 1. The van der Waals surface area contributed by atoms with Gasteiger partial charge in [-0.3, -0.25) is 9.52 Å². The number of sulfonamides is 1. The Bertz CT molecular complexity index is 1300. The van der Waals surface area contributed by atoms with E-state index in [1.165, 1.54) is 0 Å². The molecule has 0 saturated heterocycles. The molecule has 3 N–H and O–H groups in total. The highest BCUT2D eigenvalue weighted by atomic mass is 32.2. The molecular formula is C24H23F3N2O6S. The van der Waals surface area contributed by atoms with Crippen LogP contribution in [-0.2, 0) is 31.6 Å². The molecule has 1 amide bonds. The molecule has 3 aromatic rings. The second-order valence-electron chi connectivity index (χ2n) is 8.14. The average molecular weight is 525 g/mol. The number of aliphatic carboxylic acids is 1. The molecule has 1 fully saturated rings. The van der Waals surface area contributed by atoms with Crippen molar-refractivity contribution in [3.63, 3.8) is 0 Å². The van der Waals surface area contributed by atoms with Gasteiger partial charge in [-0.25, -0.2) is 13.2 Å². The molecule has 36 heavy (non-hydrogen) atoms. The van der Waals surface area contributed by atoms with Crippen LogP contribution in [0.4, 0.5) is 18.9 Å². The standard InChI is InChI=1S/C22H22N2O4S.C2HF3O2/c1-16-4-10-20(11-5-16)29(26,27)24-18-8-6-17(7-9-18)22(12-13-22)21(25)23-15-19-3-2-14-28-19;3-2(4,5)1(6)7/h2-11,14,24H,12-13,15H2,1H3,(H,23,25);(H,6,7). The molecule has 12 heteroatoms. The molecule has 1 aromatic heterocycles. The SMILES string of the molecule is Cc1ccc(S(=O)(=O)Nc2ccc(C3(C(=O)NCc4ccco4)CC3)cc2)cc1.O=C(O)C(F)(F)F. The molecule has 0 aliphatic heterocycles. The molecule has 1 saturated carbocycles. The molecule has 192 valence electrons. The lowest BCUT2D eigenvalue weighted by molar-refractivity contribution is -0.192. The van der Waals surface area contributed by atoms with Crippen LogP contribution in [0.25, 0.3) is 0 Å². The third-order valence-electron chi connectivity index (χ3n) is 5.45. The Morgan fingerprint density at radius 1 is 1.03 bits per heavy atom. The van der Waals surface area contributed by atoms with E-state index in [-0.39, 0.29) is 10.8 Å². The van der Waals surface area contributed by atoms with E-state index in [1.54, 1.807) is 48.7 Å². The number of hydrogen-bond donors (Lipinski definition) is 3. The summed E-state index contributed by atoms with van der Waals surface area (Å²) in [5, 5.41) is 10.0. The summed E-state index contributed by atoms with van der Waals surface area (Å²) in [7, 11) is -3.65. The van der Waals surface area contributed by atoms with Crippen LogP contribution in [0.5, 0.6) is 0 Å². The Morgan fingerprint density at radius 3 is 2.08 bits per heavy atom. The first-order valence-corrected chi connectivity index (χ1v) is 12.1. The maximum absolute atomic E-state index is 12.7. The smallest absolute Gasteiger partial charge is 0.475 e. The monoisotopic (exact) mass is 524 g/mol. The Labute approximate surface area is 205 Å². The zero-order valence-electron chi connectivity index (χ0n) is 19.0. The first kappa shape index (κ1) is 26.8. The minimum Gasteiger partial charge on any atom is -0.475 e. The predicted molar refractivity (Wildman–Crippen MR) is 124 cm³/mol. The lowest BCUT2D eigenvalue weighted by atomic mass is 9.95.